The fraction of sp³-hybridized carbons (Fsp3) is 0.185. The zero-order chi connectivity index (χ0) is 26.5. The Morgan fingerprint density at radius 3 is 2.49 bits per heavy atom. The number of nitrogens with zero attached hydrogens (tertiary/aromatic N) is 2. The molecule has 0 unspecified atom stereocenters. The van der Waals surface area contributed by atoms with Crippen LogP contribution >= 0.6 is 27.7 Å². The van der Waals surface area contributed by atoms with Gasteiger partial charge in [-0.05, 0) is 88.6 Å². The van der Waals surface area contributed by atoms with Crippen LogP contribution < -0.4 is 9.47 Å². The molecule has 1 saturated heterocycles. The number of hydrogen-bond acceptors (Lipinski definition) is 7. The molecular weight excluding hydrogens is 560 g/mol. The number of benzene rings is 3. The molecule has 0 aliphatic carbocycles. The van der Waals surface area contributed by atoms with Crippen LogP contribution in [-0.2, 0) is 17.9 Å². The highest BCUT2D eigenvalue weighted by Crippen LogP contribution is 2.40. The van der Waals surface area contributed by atoms with Crippen molar-refractivity contribution in [1.82, 2.24) is 4.90 Å². The Balaban J connectivity index is 1.53. The summed E-state index contributed by atoms with van der Waals surface area (Å²) in [5, 5.41) is 10.5. The molecule has 0 saturated carbocycles. The molecule has 1 aliphatic heterocycles. The van der Waals surface area contributed by atoms with E-state index in [1.165, 1.54) is 17.0 Å². The smallest absolute Gasteiger partial charge is 0.293 e. The number of nitro groups is 1. The van der Waals surface area contributed by atoms with Crippen molar-refractivity contribution in [3.63, 3.8) is 0 Å². The lowest BCUT2D eigenvalue weighted by Gasteiger charge is -2.15. The number of rotatable bonds is 9. The van der Waals surface area contributed by atoms with Crippen molar-refractivity contribution in [2.24, 2.45) is 0 Å². The molecule has 37 heavy (non-hydrogen) atoms. The molecule has 3 aromatic rings. The van der Waals surface area contributed by atoms with Crippen molar-refractivity contribution in [2.75, 3.05) is 6.61 Å². The molecule has 0 atom stereocenters. The van der Waals surface area contributed by atoms with Gasteiger partial charge in [0, 0.05) is 12.1 Å². The number of non-ortho nitro benzene ring substituents is 1. The molecule has 3 aromatic carbocycles. The van der Waals surface area contributed by atoms with Crippen molar-refractivity contribution in [3.05, 3.63) is 102 Å². The highest BCUT2D eigenvalue weighted by Gasteiger charge is 2.35. The summed E-state index contributed by atoms with van der Waals surface area (Å²) in [4.78, 5) is 37.6. The summed E-state index contributed by atoms with van der Waals surface area (Å²) in [6.45, 7) is 4.58. The van der Waals surface area contributed by atoms with E-state index in [1.54, 1.807) is 30.3 Å². The van der Waals surface area contributed by atoms with Crippen molar-refractivity contribution in [3.8, 4) is 11.5 Å². The second kappa shape index (κ2) is 11.6. The van der Waals surface area contributed by atoms with Crippen molar-refractivity contribution < 1.29 is 24.0 Å². The first kappa shape index (κ1) is 26.4. The Bertz CT molecular complexity index is 1390. The van der Waals surface area contributed by atoms with Crippen LogP contribution in [-0.4, -0.2) is 27.6 Å². The fourth-order valence-electron chi connectivity index (χ4n) is 3.72. The number of nitro benzene ring substituents is 1. The van der Waals surface area contributed by atoms with Crippen LogP contribution in [0.1, 0.15) is 29.2 Å². The molecule has 8 nitrogen and oxygen atoms in total. The molecule has 10 heteroatoms. The molecule has 0 spiro atoms. The number of aryl methyl sites for hydroxylation is 1. The number of imide groups is 1. The topological polar surface area (TPSA) is 99.0 Å². The number of ether oxygens (including phenoxy) is 2. The van der Waals surface area contributed by atoms with Crippen molar-refractivity contribution in [2.45, 2.75) is 27.0 Å². The van der Waals surface area contributed by atoms with Crippen LogP contribution in [0.25, 0.3) is 6.08 Å². The summed E-state index contributed by atoms with van der Waals surface area (Å²) in [6.07, 6.45) is 1.66. The van der Waals surface area contributed by atoms with E-state index in [-0.39, 0.29) is 30.0 Å². The highest BCUT2D eigenvalue weighted by molar-refractivity contribution is 9.10. The quantitative estimate of drug-likeness (QED) is 0.154. The average molecular weight is 583 g/mol. The molecular formula is C27H23BrN2O6S. The van der Waals surface area contributed by atoms with Crippen molar-refractivity contribution >= 4 is 50.6 Å². The van der Waals surface area contributed by atoms with Gasteiger partial charge in [-0.1, -0.05) is 29.8 Å². The van der Waals surface area contributed by atoms with E-state index < -0.39 is 4.92 Å². The van der Waals surface area contributed by atoms with Gasteiger partial charge < -0.3 is 9.47 Å². The standard InChI is InChI=1S/C27H23BrN2O6S/c1-3-35-23-13-20(12-22(28)25(23)36-16-18-7-9-21(10-8-18)30(33)34)14-24-26(31)29(27(32)37-24)15-19-6-4-5-17(2)11-19/h4-14H,3,15-16H2,1-2H3/b24-14+. The highest BCUT2D eigenvalue weighted by atomic mass is 79.9. The van der Waals surface area contributed by atoms with Gasteiger partial charge in [0.15, 0.2) is 11.5 Å². The molecule has 190 valence electrons. The fourth-order valence-corrected chi connectivity index (χ4v) is 5.14. The Hall–Kier alpha value is -3.63. The van der Waals surface area contributed by atoms with Crippen LogP contribution in [0.15, 0.2) is 70.0 Å². The number of halogens is 1. The lowest BCUT2D eigenvalue weighted by molar-refractivity contribution is -0.384. The lowest BCUT2D eigenvalue weighted by atomic mass is 10.1. The number of carbonyl (C=O) groups is 2. The Morgan fingerprint density at radius 1 is 1.05 bits per heavy atom. The molecule has 0 N–H and O–H groups in total. The maximum atomic E-state index is 13.0. The minimum Gasteiger partial charge on any atom is -0.490 e. The zero-order valence-electron chi connectivity index (χ0n) is 20.1. The maximum absolute atomic E-state index is 13.0. The predicted molar refractivity (Wildman–Crippen MR) is 145 cm³/mol. The number of carbonyl (C=O) groups excluding carboxylic acids is 2. The minimum absolute atomic E-state index is 0.00702. The normalized spacial score (nSPS) is 14.4. The molecule has 1 heterocycles. The van der Waals surface area contributed by atoms with E-state index in [0.717, 1.165) is 28.5 Å². The maximum Gasteiger partial charge on any atom is 0.293 e. The third-order valence-corrected chi connectivity index (χ3v) is 6.95. The second-order valence-corrected chi connectivity index (χ2v) is 10.1. The monoisotopic (exact) mass is 582 g/mol. The van der Waals surface area contributed by atoms with Gasteiger partial charge in [-0.2, -0.15) is 0 Å². The van der Waals surface area contributed by atoms with Crippen LogP contribution in [0.3, 0.4) is 0 Å². The van der Waals surface area contributed by atoms with E-state index in [1.807, 2.05) is 38.1 Å². The largest absolute Gasteiger partial charge is 0.490 e. The van der Waals surface area contributed by atoms with Gasteiger partial charge in [0.1, 0.15) is 6.61 Å². The summed E-state index contributed by atoms with van der Waals surface area (Å²) in [5.74, 6) is 0.581. The summed E-state index contributed by atoms with van der Waals surface area (Å²) >= 11 is 4.42. The van der Waals surface area contributed by atoms with Gasteiger partial charge in [0.05, 0.1) is 27.5 Å². The van der Waals surface area contributed by atoms with Crippen LogP contribution in [0.5, 0.6) is 11.5 Å². The molecule has 0 radical (unpaired) electrons. The lowest BCUT2D eigenvalue weighted by Crippen LogP contribution is -2.27. The Morgan fingerprint density at radius 2 is 1.81 bits per heavy atom. The first-order valence-electron chi connectivity index (χ1n) is 11.4. The van der Waals surface area contributed by atoms with Crippen LogP contribution in [0.2, 0.25) is 0 Å². The van der Waals surface area contributed by atoms with Gasteiger partial charge in [-0.3, -0.25) is 24.6 Å². The summed E-state index contributed by atoms with van der Waals surface area (Å²) in [5.41, 5.74) is 3.38. The van der Waals surface area contributed by atoms with Gasteiger partial charge >= 0.3 is 0 Å². The molecule has 0 bridgehead atoms. The van der Waals surface area contributed by atoms with E-state index in [4.69, 9.17) is 9.47 Å². The zero-order valence-corrected chi connectivity index (χ0v) is 22.5. The summed E-state index contributed by atoms with van der Waals surface area (Å²) in [7, 11) is 0. The van der Waals surface area contributed by atoms with Crippen LogP contribution in [0, 0.1) is 17.0 Å². The minimum atomic E-state index is -0.454. The first-order valence-corrected chi connectivity index (χ1v) is 13.0. The molecule has 1 fully saturated rings. The third kappa shape index (κ3) is 6.39. The third-order valence-electron chi connectivity index (χ3n) is 5.46. The van der Waals surface area contributed by atoms with Crippen molar-refractivity contribution in [1.29, 1.82) is 0 Å². The summed E-state index contributed by atoms with van der Waals surface area (Å²) in [6, 6.07) is 17.3. The number of amides is 2. The number of thioether (sulfide) groups is 1. The predicted octanol–water partition coefficient (Wildman–Crippen LogP) is 6.88. The van der Waals surface area contributed by atoms with Gasteiger partial charge in [0.25, 0.3) is 16.8 Å². The van der Waals surface area contributed by atoms with E-state index in [0.29, 0.717) is 33.0 Å². The molecule has 1 aliphatic rings. The first-order chi connectivity index (χ1) is 17.7. The van der Waals surface area contributed by atoms with Crippen LogP contribution in [0.4, 0.5) is 10.5 Å². The summed E-state index contributed by atoms with van der Waals surface area (Å²) < 4.78 is 12.3. The Labute approximate surface area is 226 Å². The molecule has 0 aromatic heterocycles. The second-order valence-electron chi connectivity index (χ2n) is 8.23. The van der Waals surface area contributed by atoms with E-state index in [9.17, 15) is 19.7 Å². The average Bonchev–Trinajstić information content (AvgIpc) is 3.11. The van der Waals surface area contributed by atoms with Gasteiger partial charge in [0.2, 0.25) is 0 Å². The molecule has 4 rings (SSSR count). The van der Waals surface area contributed by atoms with Gasteiger partial charge in [-0.25, -0.2) is 0 Å². The van der Waals surface area contributed by atoms with E-state index in [2.05, 4.69) is 15.9 Å². The Kier molecular flexibility index (Phi) is 8.30. The number of hydrogen-bond donors (Lipinski definition) is 0. The SMILES string of the molecule is CCOc1cc(/C=C2/SC(=O)N(Cc3cccc(C)c3)C2=O)cc(Br)c1OCc1ccc([N+](=O)[O-])cc1. The van der Waals surface area contributed by atoms with Gasteiger partial charge in [-0.15, -0.1) is 0 Å². The molecule has 2 amide bonds. The van der Waals surface area contributed by atoms with E-state index >= 15 is 0 Å².